The monoisotopic (exact) mass is 441 g/mol. The molecule has 182 valence electrons. The third-order valence-electron chi connectivity index (χ3n) is 5.57. The molecule has 0 radical (unpaired) electrons. The molecule has 0 unspecified atom stereocenters. The summed E-state index contributed by atoms with van der Waals surface area (Å²) in [6.45, 7) is 3.65. The lowest BCUT2D eigenvalue weighted by atomic mass is 10.1. The van der Waals surface area contributed by atoms with Crippen LogP contribution in [-0.2, 0) is 9.59 Å². The van der Waals surface area contributed by atoms with Crippen molar-refractivity contribution in [2.45, 2.75) is 103 Å². The van der Waals surface area contributed by atoms with Crippen LogP contribution in [0.1, 0.15) is 96.8 Å². The highest BCUT2D eigenvalue weighted by Crippen LogP contribution is 2.10. The van der Waals surface area contributed by atoms with E-state index in [4.69, 9.17) is 5.11 Å². The number of aliphatic hydroxyl groups is 1. The molecule has 0 aliphatic heterocycles. The van der Waals surface area contributed by atoms with Crippen LogP contribution < -0.4 is 5.32 Å². The van der Waals surface area contributed by atoms with Crippen LogP contribution in [0, 0.1) is 0 Å². The van der Waals surface area contributed by atoms with Gasteiger partial charge in [0.15, 0.2) is 6.54 Å². The first-order valence-electron chi connectivity index (χ1n) is 12.4. The zero-order chi connectivity index (χ0) is 23.4. The maximum Gasteiger partial charge on any atom is 0.359 e. The van der Waals surface area contributed by atoms with Crippen LogP contribution in [-0.4, -0.2) is 66.4 Å². The van der Waals surface area contributed by atoms with E-state index in [9.17, 15) is 14.7 Å². The number of allylic oxidation sites excluding steroid dienone is 1. The predicted octanol–water partition coefficient (Wildman–Crippen LogP) is 4.66. The number of nitrogens with zero attached hydrogens (tertiary/aromatic N) is 1. The number of carbonyl (C=O) groups is 2. The number of likely N-dealkylation sites (N-methyl/N-ethyl adjacent to an activating group) is 1. The summed E-state index contributed by atoms with van der Waals surface area (Å²) >= 11 is 0. The summed E-state index contributed by atoms with van der Waals surface area (Å²) in [4.78, 5) is 22.7. The largest absolute Gasteiger partial charge is 0.477 e. The van der Waals surface area contributed by atoms with Gasteiger partial charge in [-0.1, -0.05) is 64.0 Å². The minimum Gasteiger partial charge on any atom is -0.477 e. The lowest BCUT2D eigenvalue weighted by molar-refractivity contribution is -0.883. The molecule has 0 saturated carbocycles. The van der Waals surface area contributed by atoms with Crippen molar-refractivity contribution in [2.75, 3.05) is 33.7 Å². The smallest absolute Gasteiger partial charge is 0.359 e. The van der Waals surface area contributed by atoms with E-state index in [0.717, 1.165) is 57.9 Å². The molecule has 0 aromatic carbocycles. The summed E-state index contributed by atoms with van der Waals surface area (Å²) in [5.41, 5.74) is 0. The van der Waals surface area contributed by atoms with Gasteiger partial charge in [-0.25, -0.2) is 4.79 Å². The van der Waals surface area contributed by atoms with Gasteiger partial charge in [-0.3, -0.25) is 4.79 Å². The first kappa shape index (κ1) is 29.6. The maximum atomic E-state index is 11.9. The molecule has 1 amide bonds. The number of carboxylic acids is 1. The van der Waals surface area contributed by atoms with Crippen molar-refractivity contribution in [1.82, 2.24) is 5.32 Å². The number of quaternary nitrogens is 1. The van der Waals surface area contributed by atoms with Gasteiger partial charge in [-0.2, -0.15) is 0 Å². The van der Waals surface area contributed by atoms with E-state index in [1.165, 1.54) is 32.1 Å². The van der Waals surface area contributed by atoms with Gasteiger partial charge >= 0.3 is 5.97 Å². The third-order valence-corrected chi connectivity index (χ3v) is 5.57. The lowest BCUT2D eigenvalue weighted by Crippen LogP contribution is -2.45. The van der Waals surface area contributed by atoms with E-state index in [1.807, 2.05) is 14.1 Å². The summed E-state index contributed by atoms with van der Waals surface area (Å²) in [7, 11) is 3.79. The van der Waals surface area contributed by atoms with Gasteiger partial charge in [0.25, 0.3) is 0 Å². The normalized spacial score (nSPS) is 12.9. The van der Waals surface area contributed by atoms with E-state index in [2.05, 4.69) is 24.4 Å². The van der Waals surface area contributed by atoms with Crippen molar-refractivity contribution in [2.24, 2.45) is 0 Å². The Hall–Kier alpha value is -1.40. The van der Waals surface area contributed by atoms with Gasteiger partial charge in [-0.05, 0) is 32.1 Å². The Labute approximate surface area is 190 Å². The average Bonchev–Trinajstić information content (AvgIpc) is 2.69. The second kappa shape index (κ2) is 19.3. The highest BCUT2D eigenvalue weighted by Gasteiger charge is 2.18. The predicted molar refractivity (Wildman–Crippen MR) is 128 cm³/mol. The fraction of sp³-hybridized carbons (Fsp3) is 0.840. The van der Waals surface area contributed by atoms with E-state index < -0.39 is 5.97 Å². The number of amides is 1. The molecule has 0 aromatic rings. The van der Waals surface area contributed by atoms with Crippen molar-refractivity contribution in [3.8, 4) is 0 Å². The molecule has 0 rings (SSSR count). The molecule has 3 N–H and O–H groups in total. The standard InChI is InChI=1S/C25H48N2O4/c1-4-5-6-13-17-23(28)18-14-11-9-7-8-10-12-15-19-24(29)26-20-16-21-27(2,3)22-25(30)31/h11,14,23,28H,4-10,12-13,15-22H2,1-3H3,(H-,26,29,30,31)/p+1/b14-11+/t23-/m0/s1. The summed E-state index contributed by atoms with van der Waals surface area (Å²) in [6, 6.07) is 0. The fourth-order valence-electron chi connectivity index (χ4n) is 3.64. The number of hydrogen-bond donors (Lipinski definition) is 3. The Kier molecular flexibility index (Phi) is 18.4. The Morgan fingerprint density at radius 1 is 0.935 bits per heavy atom. The van der Waals surface area contributed by atoms with Crippen molar-refractivity contribution in [3.63, 3.8) is 0 Å². The highest BCUT2D eigenvalue weighted by molar-refractivity contribution is 5.75. The zero-order valence-electron chi connectivity index (χ0n) is 20.4. The maximum absolute atomic E-state index is 11.9. The molecule has 1 atom stereocenters. The Morgan fingerprint density at radius 3 is 2.32 bits per heavy atom. The number of rotatable bonds is 21. The van der Waals surface area contributed by atoms with Crippen LogP contribution >= 0.6 is 0 Å². The Morgan fingerprint density at radius 2 is 1.61 bits per heavy atom. The lowest BCUT2D eigenvalue weighted by Gasteiger charge is -2.27. The van der Waals surface area contributed by atoms with Gasteiger partial charge < -0.3 is 20.0 Å². The minimum atomic E-state index is -0.794. The first-order chi connectivity index (χ1) is 14.8. The highest BCUT2D eigenvalue weighted by atomic mass is 16.4. The molecule has 0 heterocycles. The molecule has 31 heavy (non-hydrogen) atoms. The quantitative estimate of drug-likeness (QED) is 0.137. The number of nitrogens with one attached hydrogen (secondary N) is 1. The number of unbranched alkanes of at least 4 members (excludes halogenated alkanes) is 8. The first-order valence-corrected chi connectivity index (χ1v) is 12.4. The summed E-state index contributed by atoms with van der Waals surface area (Å²) < 4.78 is 0.431. The van der Waals surface area contributed by atoms with E-state index in [-0.39, 0.29) is 18.6 Å². The van der Waals surface area contributed by atoms with E-state index in [0.29, 0.717) is 17.4 Å². The molecule has 0 fully saturated rings. The molecule has 0 saturated heterocycles. The van der Waals surface area contributed by atoms with Gasteiger partial charge in [0.05, 0.1) is 26.7 Å². The van der Waals surface area contributed by atoms with Crippen LogP contribution in [0.15, 0.2) is 12.2 Å². The fourth-order valence-corrected chi connectivity index (χ4v) is 3.64. The van der Waals surface area contributed by atoms with Crippen LogP contribution in [0.25, 0.3) is 0 Å². The molecule has 0 spiro atoms. The second-order valence-electron chi connectivity index (χ2n) is 9.43. The molecule has 0 aromatic heterocycles. The number of carbonyl (C=O) groups excluding carboxylic acids is 1. The van der Waals surface area contributed by atoms with Crippen LogP contribution in [0.2, 0.25) is 0 Å². The average molecular weight is 442 g/mol. The van der Waals surface area contributed by atoms with E-state index >= 15 is 0 Å². The minimum absolute atomic E-state index is 0.0970. The molecule has 6 nitrogen and oxygen atoms in total. The summed E-state index contributed by atoms with van der Waals surface area (Å²) in [6.07, 6.45) is 18.6. The molecular formula is C25H49N2O4+. The molecule has 6 heteroatoms. The van der Waals surface area contributed by atoms with Crippen molar-refractivity contribution < 1.29 is 24.3 Å². The molecular weight excluding hydrogens is 392 g/mol. The number of aliphatic hydroxyl groups excluding tert-OH is 1. The van der Waals surface area contributed by atoms with Crippen LogP contribution in [0.5, 0.6) is 0 Å². The third kappa shape index (κ3) is 21.6. The van der Waals surface area contributed by atoms with Gasteiger partial charge in [0.1, 0.15) is 0 Å². The Bertz CT molecular complexity index is 492. The van der Waals surface area contributed by atoms with Crippen LogP contribution in [0.3, 0.4) is 0 Å². The zero-order valence-corrected chi connectivity index (χ0v) is 20.4. The van der Waals surface area contributed by atoms with Crippen molar-refractivity contribution in [3.05, 3.63) is 12.2 Å². The topological polar surface area (TPSA) is 86.6 Å². The van der Waals surface area contributed by atoms with Gasteiger partial charge in [-0.15, -0.1) is 0 Å². The number of aliphatic carboxylic acids is 1. The van der Waals surface area contributed by atoms with Gasteiger partial charge in [0.2, 0.25) is 5.91 Å². The molecule has 0 aliphatic carbocycles. The summed E-state index contributed by atoms with van der Waals surface area (Å²) in [5.74, 6) is -0.697. The van der Waals surface area contributed by atoms with Crippen molar-refractivity contribution in [1.29, 1.82) is 0 Å². The second-order valence-corrected chi connectivity index (χ2v) is 9.43. The molecule has 0 bridgehead atoms. The summed E-state index contributed by atoms with van der Waals surface area (Å²) in [5, 5.41) is 21.7. The van der Waals surface area contributed by atoms with Crippen molar-refractivity contribution >= 4 is 11.9 Å². The number of hydrogen-bond acceptors (Lipinski definition) is 3. The SMILES string of the molecule is CCCCCC[C@H](O)C/C=C/CCCCCCCC(=O)NCCC[N+](C)(C)CC(=O)O. The Balaban J connectivity index is 3.48. The van der Waals surface area contributed by atoms with Gasteiger partial charge in [0, 0.05) is 19.4 Å². The molecule has 0 aliphatic rings. The van der Waals surface area contributed by atoms with E-state index in [1.54, 1.807) is 0 Å². The van der Waals surface area contributed by atoms with Crippen LogP contribution in [0.4, 0.5) is 0 Å². The number of carboxylic acid groups (broad SMARTS) is 1.